The molecule has 0 spiro atoms. The van der Waals surface area contributed by atoms with E-state index in [1.54, 1.807) is 11.6 Å². The number of imide groups is 1. The number of aryl methyl sites for hydroxylation is 1. The molecule has 11 nitrogen and oxygen atoms in total. The summed E-state index contributed by atoms with van der Waals surface area (Å²) in [5, 5.41) is 14.6. The minimum absolute atomic E-state index is 0.234. The van der Waals surface area contributed by atoms with Crippen molar-refractivity contribution in [2.45, 2.75) is 50.7 Å². The summed E-state index contributed by atoms with van der Waals surface area (Å²) in [6, 6.07) is 5.31. The van der Waals surface area contributed by atoms with Crippen molar-refractivity contribution in [2.75, 3.05) is 24.5 Å². The molecule has 3 aliphatic heterocycles. The summed E-state index contributed by atoms with van der Waals surface area (Å²) < 4.78 is 5.39. The second-order valence-corrected chi connectivity index (χ2v) is 9.42. The van der Waals surface area contributed by atoms with Gasteiger partial charge in [0.1, 0.15) is 17.7 Å². The molecule has 2 saturated heterocycles. The Hall–Kier alpha value is -3.47. The zero-order chi connectivity index (χ0) is 23.4. The minimum Gasteiger partial charge on any atom is -0.371 e. The Morgan fingerprint density at radius 2 is 1.82 bits per heavy atom. The summed E-state index contributed by atoms with van der Waals surface area (Å²) in [6.45, 7) is 4.46. The lowest BCUT2D eigenvalue weighted by Crippen LogP contribution is -2.44. The number of aromatic nitrogens is 5. The van der Waals surface area contributed by atoms with Crippen molar-refractivity contribution in [3.8, 4) is 0 Å². The first-order valence-corrected chi connectivity index (χ1v) is 11.9. The van der Waals surface area contributed by atoms with Crippen molar-refractivity contribution in [3.63, 3.8) is 0 Å². The Bertz CT molecular complexity index is 1340. The van der Waals surface area contributed by atoms with Gasteiger partial charge in [-0.25, -0.2) is 4.79 Å². The molecule has 3 aromatic rings. The van der Waals surface area contributed by atoms with Gasteiger partial charge in [-0.3, -0.25) is 24.0 Å². The number of carbonyl (C=O) groups is 2. The van der Waals surface area contributed by atoms with Crippen LogP contribution in [0, 0.1) is 0 Å². The highest BCUT2D eigenvalue weighted by molar-refractivity contribution is 6.00. The van der Waals surface area contributed by atoms with Gasteiger partial charge in [-0.1, -0.05) is 0 Å². The molecular weight excluding hydrogens is 436 g/mol. The number of benzene rings is 1. The molecule has 1 atom stereocenters. The van der Waals surface area contributed by atoms with Gasteiger partial charge in [0.25, 0.3) is 0 Å². The number of amides is 2. The molecule has 2 N–H and O–H groups in total. The average Bonchev–Trinajstić information content (AvgIpc) is 3.39. The molecule has 2 aromatic heterocycles. The van der Waals surface area contributed by atoms with E-state index in [0.717, 1.165) is 68.4 Å². The van der Waals surface area contributed by atoms with Crippen LogP contribution in [0.3, 0.4) is 0 Å². The third kappa shape index (κ3) is 3.33. The lowest BCUT2D eigenvalue weighted by Gasteiger charge is -2.33. The predicted molar refractivity (Wildman–Crippen MR) is 125 cm³/mol. The molecule has 0 bridgehead atoms. The van der Waals surface area contributed by atoms with Crippen LogP contribution in [0.1, 0.15) is 49.3 Å². The standard InChI is InChI=1S/C23H28N8O3/c1-28-18-12-15(2-3-16(18)31(23(28)34)17-4-5-20(32)25-22(17)33)29-9-6-14(7-10-29)21-27-26-19-13-24-8-11-30(19)21/h2-3,12,14,17,24H,4-11,13H2,1H3,(H,25,32,33). The topological polar surface area (TPSA) is 119 Å². The van der Waals surface area contributed by atoms with Crippen LogP contribution in [0.5, 0.6) is 0 Å². The second-order valence-electron chi connectivity index (χ2n) is 9.42. The largest absolute Gasteiger partial charge is 0.371 e. The number of nitrogens with zero attached hydrogens (tertiary/aromatic N) is 6. The summed E-state index contributed by atoms with van der Waals surface area (Å²) in [7, 11) is 1.73. The fourth-order valence-electron chi connectivity index (χ4n) is 5.59. The van der Waals surface area contributed by atoms with Crippen LogP contribution in [0.4, 0.5) is 5.69 Å². The van der Waals surface area contributed by atoms with E-state index in [2.05, 4.69) is 30.3 Å². The fourth-order valence-corrected chi connectivity index (χ4v) is 5.59. The van der Waals surface area contributed by atoms with Crippen molar-refractivity contribution < 1.29 is 9.59 Å². The maximum Gasteiger partial charge on any atom is 0.329 e. The van der Waals surface area contributed by atoms with Crippen molar-refractivity contribution in [1.82, 2.24) is 34.5 Å². The number of hydrogen-bond acceptors (Lipinski definition) is 7. The Morgan fingerprint density at radius 1 is 1.00 bits per heavy atom. The summed E-state index contributed by atoms with van der Waals surface area (Å²) in [5.74, 6) is 1.83. The lowest BCUT2D eigenvalue weighted by molar-refractivity contribution is -0.135. The highest BCUT2D eigenvalue weighted by Gasteiger charge is 2.32. The molecule has 6 rings (SSSR count). The Morgan fingerprint density at radius 3 is 2.62 bits per heavy atom. The van der Waals surface area contributed by atoms with Crippen LogP contribution in [0.15, 0.2) is 23.0 Å². The molecule has 1 unspecified atom stereocenters. The molecule has 2 amide bonds. The van der Waals surface area contributed by atoms with E-state index >= 15 is 0 Å². The van der Waals surface area contributed by atoms with Gasteiger partial charge in [-0.2, -0.15) is 0 Å². The summed E-state index contributed by atoms with van der Waals surface area (Å²) in [5.41, 5.74) is 2.32. The average molecular weight is 465 g/mol. The molecule has 178 valence electrons. The molecule has 0 saturated carbocycles. The first-order chi connectivity index (χ1) is 16.5. The van der Waals surface area contributed by atoms with Crippen molar-refractivity contribution in [3.05, 3.63) is 40.3 Å². The minimum atomic E-state index is -0.667. The maximum atomic E-state index is 13.0. The number of carbonyl (C=O) groups excluding carboxylic acids is 2. The number of anilines is 1. The molecular formula is C23H28N8O3. The highest BCUT2D eigenvalue weighted by Crippen LogP contribution is 2.32. The zero-order valence-electron chi connectivity index (χ0n) is 19.2. The number of hydrogen-bond donors (Lipinski definition) is 2. The summed E-state index contributed by atoms with van der Waals surface area (Å²) in [6.07, 6.45) is 2.57. The van der Waals surface area contributed by atoms with Gasteiger partial charge < -0.3 is 14.8 Å². The van der Waals surface area contributed by atoms with Gasteiger partial charge >= 0.3 is 5.69 Å². The smallest absolute Gasteiger partial charge is 0.329 e. The van der Waals surface area contributed by atoms with Gasteiger partial charge in [0.2, 0.25) is 11.8 Å². The van der Waals surface area contributed by atoms with Crippen molar-refractivity contribution >= 4 is 28.5 Å². The SMILES string of the molecule is Cn1c(=O)n(C2CCC(=O)NC2=O)c2ccc(N3CCC(c4nnc5n4CCNC5)CC3)cc21. The number of rotatable bonds is 3. The molecule has 0 radical (unpaired) electrons. The Labute approximate surface area is 195 Å². The molecule has 34 heavy (non-hydrogen) atoms. The van der Waals surface area contributed by atoms with Crippen LogP contribution >= 0.6 is 0 Å². The van der Waals surface area contributed by atoms with Crippen LogP contribution in [-0.4, -0.2) is 55.3 Å². The summed E-state index contributed by atoms with van der Waals surface area (Å²) in [4.78, 5) is 39.3. The fraction of sp³-hybridized carbons (Fsp3) is 0.522. The predicted octanol–water partition coefficient (Wildman–Crippen LogP) is 0.396. The molecule has 1 aromatic carbocycles. The third-order valence-corrected chi connectivity index (χ3v) is 7.47. The highest BCUT2D eigenvalue weighted by atomic mass is 16.2. The van der Waals surface area contributed by atoms with Crippen molar-refractivity contribution in [1.29, 1.82) is 0 Å². The third-order valence-electron chi connectivity index (χ3n) is 7.47. The molecule has 5 heterocycles. The maximum absolute atomic E-state index is 13.0. The zero-order valence-corrected chi connectivity index (χ0v) is 19.2. The van der Waals surface area contributed by atoms with E-state index in [9.17, 15) is 14.4 Å². The van der Waals surface area contributed by atoms with Crippen LogP contribution in [0.2, 0.25) is 0 Å². The van der Waals surface area contributed by atoms with E-state index in [-0.39, 0.29) is 18.0 Å². The number of nitrogens with one attached hydrogen (secondary N) is 2. The van der Waals surface area contributed by atoms with Gasteiger partial charge in [0.05, 0.1) is 17.6 Å². The first kappa shape index (κ1) is 21.1. The quantitative estimate of drug-likeness (QED) is 0.539. The van der Waals surface area contributed by atoms with E-state index in [1.807, 2.05) is 18.2 Å². The monoisotopic (exact) mass is 464 g/mol. The molecule has 0 aliphatic carbocycles. The van der Waals surface area contributed by atoms with Gasteiger partial charge in [0, 0.05) is 51.3 Å². The van der Waals surface area contributed by atoms with E-state index < -0.39 is 11.9 Å². The number of piperidine rings is 2. The van der Waals surface area contributed by atoms with Crippen LogP contribution in [-0.2, 0) is 29.7 Å². The first-order valence-electron chi connectivity index (χ1n) is 11.9. The molecule has 11 heteroatoms. The Balaban J connectivity index is 1.24. The van der Waals surface area contributed by atoms with Crippen molar-refractivity contribution in [2.24, 2.45) is 7.05 Å². The van der Waals surface area contributed by atoms with Gasteiger partial charge in [0.15, 0.2) is 0 Å². The number of imidazole rings is 1. The molecule has 2 fully saturated rings. The van der Waals surface area contributed by atoms with E-state index in [1.165, 1.54) is 4.57 Å². The van der Waals surface area contributed by atoms with Gasteiger partial charge in [-0.05, 0) is 37.5 Å². The summed E-state index contributed by atoms with van der Waals surface area (Å²) >= 11 is 0. The second kappa shape index (κ2) is 8.08. The normalized spacial score (nSPS) is 21.7. The van der Waals surface area contributed by atoms with E-state index in [0.29, 0.717) is 17.9 Å². The Kier molecular flexibility index (Phi) is 5.01. The van der Waals surface area contributed by atoms with Gasteiger partial charge in [-0.15, -0.1) is 10.2 Å². The lowest BCUT2D eigenvalue weighted by atomic mass is 9.95. The molecule has 3 aliphatic rings. The van der Waals surface area contributed by atoms with Crippen LogP contribution in [0.25, 0.3) is 11.0 Å². The van der Waals surface area contributed by atoms with E-state index in [4.69, 9.17) is 0 Å². The van der Waals surface area contributed by atoms with Crippen LogP contribution < -0.4 is 21.2 Å². The number of fused-ring (bicyclic) bond motifs is 2.